The largest absolute Gasteiger partial charge is 0.497 e. The van der Waals surface area contributed by atoms with Crippen molar-refractivity contribution in [3.63, 3.8) is 0 Å². The van der Waals surface area contributed by atoms with Gasteiger partial charge < -0.3 is 15.4 Å². The highest BCUT2D eigenvalue weighted by Crippen LogP contribution is 2.21. The summed E-state index contributed by atoms with van der Waals surface area (Å²) in [5.74, 6) is 2.31. The second-order valence-electron chi connectivity index (χ2n) is 8.14. The molecule has 6 heteroatoms. The Labute approximate surface area is 204 Å². The number of hydrogen-bond acceptors (Lipinski definition) is 3. The fourth-order valence-electron chi connectivity index (χ4n) is 3.97. The van der Waals surface area contributed by atoms with Gasteiger partial charge in [-0.05, 0) is 48.4 Å². The second-order valence-corrected chi connectivity index (χ2v) is 8.14. The van der Waals surface area contributed by atoms with Crippen molar-refractivity contribution in [2.24, 2.45) is 4.99 Å². The molecule has 1 fully saturated rings. The van der Waals surface area contributed by atoms with Crippen LogP contribution in [0.4, 0.5) is 0 Å². The molecule has 1 unspecified atom stereocenters. The molecule has 0 aliphatic carbocycles. The van der Waals surface area contributed by atoms with Gasteiger partial charge in [0.25, 0.3) is 0 Å². The molecular formula is C25H37IN4O. The van der Waals surface area contributed by atoms with Crippen LogP contribution in [0, 0.1) is 0 Å². The summed E-state index contributed by atoms with van der Waals surface area (Å²) in [6.45, 7) is 6.46. The molecule has 0 amide bonds. The number of likely N-dealkylation sites (tertiary alicyclic amines) is 1. The lowest BCUT2D eigenvalue weighted by molar-refractivity contribution is 0.198. The highest BCUT2D eigenvalue weighted by atomic mass is 127. The van der Waals surface area contributed by atoms with Gasteiger partial charge >= 0.3 is 0 Å². The van der Waals surface area contributed by atoms with E-state index in [2.05, 4.69) is 69.9 Å². The van der Waals surface area contributed by atoms with Crippen molar-refractivity contribution < 1.29 is 4.74 Å². The van der Waals surface area contributed by atoms with Gasteiger partial charge in [-0.25, -0.2) is 0 Å². The summed E-state index contributed by atoms with van der Waals surface area (Å²) in [7, 11) is 3.56. The number of methoxy groups -OCH3 is 1. The number of nitrogens with zero attached hydrogens (tertiary/aromatic N) is 2. The van der Waals surface area contributed by atoms with Crippen molar-refractivity contribution in [3.05, 3.63) is 65.7 Å². The standard InChI is InChI=1S/C25H36N4O.HI/c1-20(22-9-11-24(30-3)12-10-22)13-16-27-25(26-2)28-23-14-17-29(18-15-23)19-21-7-5-4-6-8-21;/h4-12,20,23H,13-19H2,1-3H3,(H2,26,27,28);1H. The Hall–Kier alpha value is -1.80. The summed E-state index contributed by atoms with van der Waals surface area (Å²) in [6.07, 6.45) is 3.36. The molecule has 5 nitrogen and oxygen atoms in total. The quantitative estimate of drug-likeness (QED) is 0.294. The molecule has 2 aromatic carbocycles. The van der Waals surface area contributed by atoms with Crippen LogP contribution in [0.25, 0.3) is 0 Å². The third kappa shape index (κ3) is 8.33. The maximum absolute atomic E-state index is 5.25. The number of halogens is 1. The predicted molar refractivity (Wildman–Crippen MR) is 141 cm³/mol. The average Bonchev–Trinajstić information content (AvgIpc) is 2.80. The fraction of sp³-hybridized carbons (Fsp3) is 0.480. The van der Waals surface area contributed by atoms with Gasteiger partial charge in [0, 0.05) is 39.3 Å². The van der Waals surface area contributed by atoms with Crippen LogP contribution in [-0.2, 0) is 6.54 Å². The Bertz CT molecular complexity index is 774. The zero-order valence-corrected chi connectivity index (χ0v) is 21.3. The molecule has 1 saturated heterocycles. The summed E-state index contributed by atoms with van der Waals surface area (Å²) in [5.41, 5.74) is 2.73. The molecule has 0 aromatic heterocycles. The highest BCUT2D eigenvalue weighted by molar-refractivity contribution is 14.0. The van der Waals surface area contributed by atoms with E-state index >= 15 is 0 Å². The third-order valence-corrected chi connectivity index (χ3v) is 5.96. The summed E-state index contributed by atoms with van der Waals surface area (Å²) in [5, 5.41) is 7.11. The number of hydrogen-bond donors (Lipinski definition) is 2. The number of benzene rings is 2. The molecule has 1 atom stereocenters. The van der Waals surface area contributed by atoms with Crippen LogP contribution in [0.5, 0.6) is 5.75 Å². The molecule has 1 heterocycles. The minimum atomic E-state index is 0. The number of guanidine groups is 1. The molecule has 31 heavy (non-hydrogen) atoms. The van der Waals surface area contributed by atoms with Crippen LogP contribution in [0.15, 0.2) is 59.6 Å². The van der Waals surface area contributed by atoms with E-state index in [0.717, 1.165) is 57.2 Å². The Kier molecular flexibility index (Phi) is 11.2. The lowest BCUT2D eigenvalue weighted by atomic mass is 9.98. The summed E-state index contributed by atoms with van der Waals surface area (Å²) in [4.78, 5) is 6.97. The first-order valence-corrected chi connectivity index (χ1v) is 11.1. The molecule has 0 spiro atoms. The van der Waals surface area contributed by atoms with Crippen molar-refractivity contribution in [3.8, 4) is 5.75 Å². The van der Waals surface area contributed by atoms with E-state index in [1.54, 1.807) is 7.11 Å². The van der Waals surface area contributed by atoms with Crippen molar-refractivity contribution in [2.45, 2.75) is 44.7 Å². The molecular weight excluding hydrogens is 499 g/mol. The van der Waals surface area contributed by atoms with Gasteiger partial charge in [-0.15, -0.1) is 24.0 Å². The van der Waals surface area contributed by atoms with Crippen LogP contribution in [0.1, 0.15) is 43.2 Å². The van der Waals surface area contributed by atoms with Crippen LogP contribution >= 0.6 is 24.0 Å². The van der Waals surface area contributed by atoms with Gasteiger partial charge in [-0.2, -0.15) is 0 Å². The molecule has 0 bridgehead atoms. The summed E-state index contributed by atoms with van der Waals surface area (Å²) >= 11 is 0. The Morgan fingerprint density at radius 2 is 1.77 bits per heavy atom. The predicted octanol–water partition coefficient (Wildman–Crippen LogP) is 4.64. The first-order valence-electron chi connectivity index (χ1n) is 11.1. The van der Waals surface area contributed by atoms with Gasteiger partial charge in [-0.3, -0.25) is 9.89 Å². The number of rotatable bonds is 8. The van der Waals surface area contributed by atoms with Crippen molar-refractivity contribution in [1.29, 1.82) is 0 Å². The molecule has 0 saturated carbocycles. The first kappa shape index (κ1) is 25.5. The molecule has 0 radical (unpaired) electrons. The monoisotopic (exact) mass is 536 g/mol. The van der Waals surface area contributed by atoms with Crippen LogP contribution in [0.3, 0.4) is 0 Å². The maximum Gasteiger partial charge on any atom is 0.191 e. The zero-order valence-electron chi connectivity index (χ0n) is 19.0. The van der Waals surface area contributed by atoms with Crippen molar-refractivity contribution >= 4 is 29.9 Å². The third-order valence-electron chi connectivity index (χ3n) is 5.96. The Balaban J connectivity index is 0.00000341. The number of nitrogens with one attached hydrogen (secondary N) is 2. The molecule has 2 aromatic rings. The van der Waals surface area contributed by atoms with Gasteiger partial charge in [0.2, 0.25) is 0 Å². The normalized spacial score (nSPS) is 16.3. The van der Waals surface area contributed by atoms with Crippen molar-refractivity contribution in [1.82, 2.24) is 15.5 Å². The van der Waals surface area contributed by atoms with Gasteiger partial charge in [0.15, 0.2) is 5.96 Å². The van der Waals surface area contributed by atoms with Crippen LogP contribution in [-0.4, -0.2) is 50.7 Å². The van der Waals surface area contributed by atoms with Crippen molar-refractivity contribution in [2.75, 3.05) is 33.8 Å². The average molecular weight is 537 g/mol. The Morgan fingerprint density at radius 3 is 2.39 bits per heavy atom. The van der Waals surface area contributed by atoms with E-state index in [0.29, 0.717) is 12.0 Å². The SMILES string of the molecule is CN=C(NCCC(C)c1ccc(OC)cc1)NC1CCN(Cc2ccccc2)CC1.I. The van der Waals surface area contributed by atoms with Gasteiger partial charge in [0.05, 0.1) is 7.11 Å². The lowest BCUT2D eigenvalue weighted by Crippen LogP contribution is -2.48. The Morgan fingerprint density at radius 1 is 1.10 bits per heavy atom. The van der Waals surface area contributed by atoms with E-state index in [4.69, 9.17) is 4.74 Å². The van der Waals surface area contributed by atoms with Crippen LogP contribution in [0.2, 0.25) is 0 Å². The van der Waals surface area contributed by atoms with Gasteiger partial charge in [-0.1, -0.05) is 49.4 Å². The fourth-order valence-corrected chi connectivity index (χ4v) is 3.97. The van der Waals surface area contributed by atoms with E-state index in [-0.39, 0.29) is 24.0 Å². The molecule has 170 valence electrons. The second kappa shape index (κ2) is 13.6. The minimum absolute atomic E-state index is 0. The molecule has 1 aliphatic rings. The number of aliphatic imine (C=N–C) groups is 1. The first-order chi connectivity index (χ1) is 14.7. The maximum atomic E-state index is 5.25. The topological polar surface area (TPSA) is 48.9 Å². The smallest absolute Gasteiger partial charge is 0.191 e. The highest BCUT2D eigenvalue weighted by Gasteiger charge is 2.20. The minimum Gasteiger partial charge on any atom is -0.497 e. The summed E-state index contributed by atoms with van der Waals surface area (Å²) < 4.78 is 5.25. The van der Waals surface area contributed by atoms with Gasteiger partial charge in [0.1, 0.15) is 5.75 Å². The lowest BCUT2D eigenvalue weighted by Gasteiger charge is -2.33. The van der Waals surface area contributed by atoms with E-state index in [1.807, 2.05) is 19.2 Å². The van der Waals surface area contributed by atoms with E-state index in [1.165, 1.54) is 11.1 Å². The summed E-state index contributed by atoms with van der Waals surface area (Å²) in [6, 6.07) is 19.6. The molecule has 3 rings (SSSR count). The number of ether oxygens (including phenoxy) is 1. The zero-order chi connectivity index (χ0) is 21.2. The van der Waals surface area contributed by atoms with E-state index < -0.39 is 0 Å². The number of piperidine rings is 1. The molecule has 1 aliphatic heterocycles. The molecule has 2 N–H and O–H groups in total. The van der Waals surface area contributed by atoms with E-state index in [9.17, 15) is 0 Å². The van der Waals surface area contributed by atoms with Crippen LogP contribution < -0.4 is 15.4 Å².